The first-order valence-electron chi connectivity index (χ1n) is 9.01. The average Bonchev–Trinajstić information content (AvgIpc) is 2.75. The highest BCUT2D eigenvalue weighted by Gasteiger charge is 2.23. The van der Waals surface area contributed by atoms with Crippen LogP contribution in [0.2, 0.25) is 0 Å². The number of ether oxygens (including phenoxy) is 2. The lowest BCUT2D eigenvalue weighted by atomic mass is 10.0. The van der Waals surface area contributed by atoms with Crippen LogP contribution in [0, 0.1) is 17.5 Å². The van der Waals surface area contributed by atoms with Crippen molar-refractivity contribution in [3.05, 3.63) is 83.7 Å². The lowest BCUT2D eigenvalue weighted by Gasteiger charge is -2.11. The molecule has 7 heteroatoms. The van der Waals surface area contributed by atoms with E-state index in [2.05, 4.69) is 6.58 Å². The average molecular weight is 420 g/mol. The highest BCUT2D eigenvalue weighted by Crippen LogP contribution is 2.36. The SMILES string of the molecule is C=CCOc1cc2ccc(C(F)=C(F)c3ccc(OCC)cc3)c(F)c2c(F)c1F. The second kappa shape index (κ2) is 8.98. The van der Waals surface area contributed by atoms with E-state index in [4.69, 9.17) is 9.47 Å². The van der Waals surface area contributed by atoms with Crippen molar-refractivity contribution in [2.75, 3.05) is 13.2 Å². The van der Waals surface area contributed by atoms with E-state index in [9.17, 15) is 22.0 Å². The molecule has 3 aromatic rings. The van der Waals surface area contributed by atoms with Crippen LogP contribution in [-0.2, 0) is 0 Å². The fourth-order valence-corrected chi connectivity index (χ4v) is 2.89. The maximum Gasteiger partial charge on any atom is 0.201 e. The summed E-state index contributed by atoms with van der Waals surface area (Å²) >= 11 is 0. The molecule has 156 valence electrons. The van der Waals surface area contributed by atoms with Gasteiger partial charge >= 0.3 is 0 Å². The van der Waals surface area contributed by atoms with Crippen LogP contribution >= 0.6 is 0 Å². The Bertz CT molecular complexity index is 1120. The summed E-state index contributed by atoms with van der Waals surface area (Å²) in [5, 5.41) is -0.867. The summed E-state index contributed by atoms with van der Waals surface area (Å²) in [6, 6.07) is 8.58. The van der Waals surface area contributed by atoms with Gasteiger partial charge in [-0.3, -0.25) is 0 Å². The van der Waals surface area contributed by atoms with Crippen molar-refractivity contribution in [2.24, 2.45) is 0 Å². The molecular weight excluding hydrogens is 403 g/mol. The third kappa shape index (κ3) is 4.01. The van der Waals surface area contributed by atoms with Gasteiger partial charge in [-0.25, -0.2) is 17.6 Å². The Hall–Kier alpha value is -3.35. The van der Waals surface area contributed by atoms with Crippen molar-refractivity contribution in [3.63, 3.8) is 0 Å². The van der Waals surface area contributed by atoms with Crippen LogP contribution < -0.4 is 9.47 Å². The Labute approximate surface area is 169 Å². The zero-order valence-electron chi connectivity index (χ0n) is 15.9. The van der Waals surface area contributed by atoms with Crippen LogP contribution in [0.5, 0.6) is 11.5 Å². The van der Waals surface area contributed by atoms with E-state index in [1.165, 1.54) is 30.3 Å². The van der Waals surface area contributed by atoms with Gasteiger partial charge in [-0.15, -0.1) is 0 Å². The van der Waals surface area contributed by atoms with E-state index in [0.717, 1.165) is 18.2 Å². The van der Waals surface area contributed by atoms with E-state index in [0.29, 0.717) is 12.4 Å². The van der Waals surface area contributed by atoms with Crippen LogP contribution in [-0.4, -0.2) is 13.2 Å². The summed E-state index contributed by atoms with van der Waals surface area (Å²) in [6.07, 6.45) is 1.33. The highest BCUT2D eigenvalue weighted by molar-refractivity contribution is 5.91. The third-order valence-electron chi connectivity index (χ3n) is 4.29. The topological polar surface area (TPSA) is 18.5 Å². The smallest absolute Gasteiger partial charge is 0.201 e. The zero-order chi connectivity index (χ0) is 21.8. The lowest BCUT2D eigenvalue weighted by Crippen LogP contribution is -2.01. The Morgan fingerprint density at radius 3 is 2.23 bits per heavy atom. The molecule has 0 radical (unpaired) electrons. The van der Waals surface area contributed by atoms with Gasteiger partial charge in [0, 0.05) is 11.1 Å². The van der Waals surface area contributed by atoms with Crippen molar-refractivity contribution < 1.29 is 31.4 Å². The van der Waals surface area contributed by atoms with Gasteiger partial charge in [0.2, 0.25) is 5.82 Å². The number of hydrogen-bond acceptors (Lipinski definition) is 2. The molecule has 0 amide bonds. The van der Waals surface area contributed by atoms with Crippen LogP contribution in [0.4, 0.5) is 22.0 Å². The predicted molar refractivity (Wildman–Crippen MR) is 106 cm³/mol. The summed E-state index contributed by atoms with van der Waals surface area (Å²) in [4.78, 5) is 0. The highest BCUT2D eigenvalue weighted by atomic mass is 19.2. The molecule has 0 aliphatic heterocycles. The normalized spacial score (nSPS) is 11.9. The molecule has 0 N–H and O–H groups in total. The van der Waals surface area contributed by atoms with Crippen LogP contribution in [0.25, 0.3) is 22.4 Å². The van der Waals surface area contributed by atoms with Crippen molar-refractivity contribution in [1.82, 2.24) is 0 Å². The lowest BCUT2D eigenvalue weighted by molar-refractivity contribution is 0.334. The van der Waals surface area contributed by atoms with Gasteiger partial charge in [-0.1, -0.05) is 18.7 Å². The molecular formula is C23H17F5O2. The number of fused-ring (bicyclic) bond motifs is 1. The van der Waals surface area contributed by atoms with E-state index in [1.807, 2.05) is 0 Å². The maximum atomic E-state index is 14.9. The van der Waals surface area contributed by atoms with Crippen molar-refractivity contribution >= 4 is 22.4 Å². The minimum Gasteiger partial charge on any atom is -0.494 e. The monoisotopic (exact) mass is 420 g/mol. The largest absolute Gasteiger partial charge is 0.494 e. The molecule has 0 aliphatic rings. The summed E-state index contributed by atoms with van der Waals surface area (Å²) in [5.74, 6) is -7.27. The van der Waals surface area contributed by atoms with E-state index in [1.54, 1.807) is 6.92 Å². The standard InChI is InChI=1S/C23H17F5O2/c1-3-11-30-17-12-14-7-10-16(20(25)18(14)23(28)22(17)27)21(26)19(24)13-5-8-15(9-6-13)29-4-2/h3,5-10,12H,1,4,11H2,2H3. The molecule has 0 saturated heterocycles. The maximum absolute atomic E-state index is 14.9. The Kier molecular flexibility index (Phi) is 6.40. The molecule has 0 spiro atoms. The number of rotatable bonds is 7. The van der Waals surface area contributed by atoms with Gasteiger partial charge in [0.1, 0.15) is 18.2 Å². The fraction of sp³-hybridized carbons (Fsp3) is 0.130. The fourth-order valence-electron chi connectivity index (χ4n) is 2.89. The number of halogens is 5. The molecule has 0 unspecified atom stereocenters. The van der Waals surface area contributed by atoms with E-state index >= 15 is 0 Å². The van der Waals surface area contributed by atoms with Crippen LogP contribution in [0.3, 0.4) is 0 Å². The summed E-state index contributed by atoms with van der Waals surface area (Å²) in [5.41, 5.74) is -0.984. The van der Waals surface area contributed by atoms with Crippen LogP contribution in [0.15, 0.2) is 55.1 Å². The first-order chi connectivity index (χ1) is 14.4. The Balaban J connectivity index is 2.09. The minimum atomic E-state index is -1.56. The molecule has 0 heterocycles. The number of benzene rings is 3. The van der Waals surface area contributed by atoms with Gasteiger partial charge in [-0.2, -0.15) is 4.39 Å². The summed E-state index contributed by atoms with van der Waals surface area (Å²) in [7, 11) is 0. The minimum absolute atomic E-state index is 0.0662. The van der Waals surface area contributed by atoms with Gasteiger partial charge < -0.3 is 9.47 Å². The van der Waals surface area contributed by atoms with Gasteiger partial charge in [0.05, 0.1) is 12.0 Å². The van der Waals surface area contributed by atoms with E-state index < -0.39 is 45.8 Å². The molecule has 0 bridgehead atoms. The Morgan fingerprint density at radius 2 is 1.60 bits per heavy atom. The van der Waals surface area contributed by atoms with Crippen LogP contribution in [0.1, 0.15) is 18.1 Å². The molecule has 2 nitrogen and oxygen atoms in total. The van der Waals surface area contributed by atoms with Gasteiger partial charge in [0.25, 0.3) is 0 Å². The van der Waals surface area contributed by atoms with Gasteiger partial charge in [-0.05, 0) is 48.7 Å². The quantitative estimate of drug-likeness (QED) is 0.233. The van der Waals surface area contributed by atoms with Crippen molar-refractivity contribution in [1.29, 1.82) is 0 Å². The molecule has 30 heavy (non-hydrogen) atoms. The second-order valence-electron chi connectivity index (χ2n) is 6.21. The summed E-state index contributed by atoms with van der Waals surface area (Å²) in [6.45, 7) is 5.48. The third-order valence-corrected chi connectivity index (χ3v) is 4.29. The predicted octanol–water partition coefficient (Wildman–Crippen LogP) is 6.99. The molecule has 0 aromatic heterocycles. The molecule has 0 fully saturated rings. The number of hydrogen-bond donors (Lipinski definition) is 0. The molecule has 3 rings (SSSR count). The van der Waals surface area contributed by atoms with Crippen molar-refractivity contribution in [3.8, 4) is 11.5 Å². The molecule has 0 saturated carbocycles. The van der Waals surface area contributed by atoms with E-state index in [-0.39, 0.29) is 17.6 Å². The second-order valence-corrected chi connectivity index (χ2v) is 6.21. The summed E-state index contributed by atoms with van der Waals surface area (Å²) < 4.78 is 83.1. The Morgan fingerprint density at radius 1 is 0.900 bits per heavy atom. The first-order valence-corrected chi connectivity index (χ1v) is 9.01. The molecule has 0 aliphatic carbocycles. The molecule has 3 aromatic carbocycles. The first kappa shape index (κ1) is 21.4. The zero-order valence-corrected chi connectivity index (χ0v) is 15.9. The van der Waals surface area contributed by atoms with Crippen molar-refractivity contribution in [2.45, 2.75) is 6.92 Å². The van der Waals surface area contributed by atoms with Gasteiger partial charge in [0.15, 0.2) is 23.2 Å². The molecule has 0 atom stereocenters.